The van der Waals surface area contributed by atoms with E-state index in [0.717, 1.165) is 22.5 Å². The minimum absolute atomic E-state index is 0.819. The molecular formula is C12H12BrNOS. The van der Waals surface area contributed by atoms with Gasteiger partial charge < -0.3 is 10.1 Å². The predicted molar refractivity (Wildman–Crippen MR) is 72.3 cm³/mol. The highest BCUT2D eigenvalue weighted by atomic mass is 79.9. The number of nitrogens with one attached hydrogen (secondary N) is 1. The van der Waals surface area contributed by atoms with Gasteiger partial charge in [-0.15, -0.1) is 0 Å². The third-order valence-corrected chi connectivity index (χ3v) is 3.54. The lowest BCUT2D eigenvalue weighted by atomic mass is 10.2. The van der Waals surface area contributed by atoms with E-state index in [9.17, 15) is 0 Å². The second-order valence-electron chi connectivity index (χ2n) is 3.33. The molecule has 4 heteroatoms. The summed E-state index contributed by atoms with van der Waals surface area (Å²) >= 11 is 5.17. The number of hydrogen-bond donors (Lipinski definition) is 1. The first-order valence-corrected chi connectivity index (χ1v) is 6.61. The van der Waals surface area contributed by atoms with E-state index in [-0.39, 0.29) is 0 Å². The summed E-state index contributed by atoms with van der Waals surface area (Å²) in [6.07, 6.45) is 0. The molecule has 2 rings (SSSR count). The molecule has 0 atom stereocenters. The van der Waals surface area contributed by atoms with Crippen molar-refractivity contribution in [1.82, 2.24) is 0 Å². The van der Waals surface area contributed by atoms with Crippen molar-refractivity contribution in [3.8, 4) is 5.75 Å². The molecule has 0 spiro atoms. The molecule has 0 amide bonds. The summed E-state index contributed by atoms with van der Waals surface area (Å²) < 4.78 is 6.17. The Balaban J connectivity index is 2.02. The third kappa shape index (κ3) is 2.77. The minimum Gasteiger partial charge on any atom is -0.496 e. The van der Waals surface area contributed by atoms with Gasteiger partial charge in [-0.2, -0.15) is 11.3 Å². The van der Waals surface area contributed by atoms with E-state index in [2.05, 4.69) is 50.2 Å². The van der Waals surface area contributed by atoms with Gasteiger partial charge in [0.05, 0.1) is 11.6 Å². The molecule has 0 bridgehead atoms. The maximum atomic E-state index is 5.18. The van der Waals surface area contributed by atoms with Gasteiger partial charge in [-0.25, -0.2) is 0 Å². The zero-order valence-corrected chi connectivity index (χ0v) is 11.3. The first-order chi connectivity index (χ1) is 7.79. The number of anilines is 1. The van der Waals surface area contributed by atoms with Crippen LogP contribution in [0, 0.1) is 0 Å². The van der Waals surface area contributed by atoms with Crippen LogP contribution in [0.2, 0.25) is 0 Å². The second-order valence-corrected chi connectivity index (χ2v) is 4.97. The third-order valence-electron chi connectivity index (χ3n) is 2.23. The topological polar surface area (TPSA) is 21.3 Å². The van der Waals surface area contributed by atoms with Crippen LogP contribution in [0.4, 0.5) is 5.69 Å². The molecule has 0 saturated carbocycles. The van der Waals surface area contributed by atoms with E-state index in [0.29, 0.717) is 0 Å². The molecular weight excluding hydrogens is 286 g/mol. The van der Waals surface area contributed by atoms with Crippen LogP contribution < -0.4 is 10.1 Å². The van der Waals surface area contributed by atoms with Crippen LogP contribution in [0.15, 0.2) is 39.5 Å². The van der Waals surface area contributed by atoms with Crippen molar-refractivity contribution in [2.75, 3.05) is 12.4 Å². The van der Waals surface area contributed by atoms with Gasteiger partial charge in [0.25, 0.3) is 0 Å². The van der Waals surface area contributed by atoms with Crippen LogP contribution in [-0.4, -0.2) is 7.11 Å². The first-order valence-electron chi connectivity index (χ1n) is 4.88. The van der Waals surface area contributed by atoms with Crippen molar-refractivity contribution in [3.05, 3.63) is 45.1 Å². The lowest BCUT2D eigenvalue weighted by Gasteiger charge is -2.07. The zero-order valence-electron chi connectivity index (χ0n) is 8.87. The fraction of sp³-hybridized carbons (Fsp3) is 0.167. The molecule has 2 nitrogen and oxygen atoms in total. The van der Waals surface area contributed by atoms with Crippen LogP contribution in [0.3, 0.4) is 0 Å². The van der Waals surface area contributed by atoms with E-state index >= 15 is 0 Å². The quantitative estimate of drug-likeness (QED) is 0.916. The van der Waals surface area contributed by atoms with E-state index in [1.165, 1.54) is 5.56 Å². The number of rotatable bonds is 4. The van der Waals surface area contributed by atoms with Gasteiger partial charge in [0.15, 0.2) is 0 Å². The molecule has 16 heavy (non-hydrogen) atoms. The minimum atomic E-state index is 0.819. The summed E-state index contributed by atoms with van der Waals surface area (Å²) in [6.45, 7) is 0.819. The highest BCUT2D eigenvalue weighted by molar-refractivity contribution is 9.10. The average Bonchev–Trinajstić information content (AvgIpc) is 2.79. The number of hydrogen-bond acceptors (Lipinski definition) is 3. The van der Waals surface area contributed by atoms with Crippen LogP contribution in [0.5, 0.6) is 5.75 Å². The van der Waals surface area contributed by atoms with Gasteiger partial charge in [0.1, 0.15) is 5.75 Å². The van der Waals surface area contributed by atoms with E-state index in [1.807, 2.05) is 6.07 Å². The van der Waals surface area contributed by atoms with Crippen LogP contribution in [-0.2, 0) is 6.54 Å². The Kier molecular flexibility index (Phi) is 3.85. The highest BCUT2D eigenvalue weighted by Crippen LogP contribution is 2.25. The van der Waals surface area contributed by atoms with Gasteiger partial charge in [-0.3, -0.25) is 0 Å². The van der Waals surface area contributed by atoms with E-state index in [4.69, 9.17) is 4.74 Å². The van der Waals surface area contributed by atoms with Crippen molar-refractivity contribution in [1.29, 1.82) is 0 Å². The summed E-state index contributed by atoms with van der Waals surface area (Å²) in [5.74, 6) is 0.860. The van der Waals surface area contributed by atoms with Crippen LogP contribution in [0.25, 0.3) is 0 Å². The normalized spacial score (nSPS) is 10.1. The van der Waals surface area contributed by atoms with Gasteiger partial charge in [0.2, 0.25) is 0 Å². The molecule has 1 N–H and O–H groups in total. The Morgan fingerprint density at radius 1 is 1.38 bits per heavy atom. The molecule has 0 unspecified atom stereocenters. The molecule has 0 aliphatic heterocycles. The molecule has 1 aromatic carbocycles. The van der Waals surface area contributed by atoms with Crippen molar-refractivity contribution in [3.63, 3.8) is 0 Å². The Morgan fingerprint density at radius 2 is 2.25 bits per heavy atom. The monoisotopic (exact) mass is 297 g/mol. The fourth-order valence-corrected chi connectivity index (χ4v) is 2.59. The number of thiophene rings is 1. The summed E-state index contributed by atoms with van der Waals surface area (Å²) in [5, 5.41) is 7.51. The zero-order chi connectivity index (χ0) is 11.4. The van der Waals surface area contributed by atoms with E-state index in [1.54, 1.807) is 18.4 Å². The Labute approximate surface area is 107 Å². The number of halogens is 1. The van der Waals surface area contributed by atoms with Crippen molar-refractivity contribution in [2.24, 2.45) is 0 Å². The lowest BCUT2D eigenvalue weighted by Crippen LogP contribution is -1.98. The van der Waals surface area contributed by atoms with Crippen LogP contribution >= 0.6 is 27.3 Å². The summed E-state index contributed by atoms with van der Waals surface area (Å²) in [5.41, 5.74) is 2.39. The van der Waals surface area contributed by atoms with Gasteiger partial charge in [-0.05, 0) is 45.1 Å². The maximum absolute atomic E-state index is 5.18. The van der Waals surface area contributed by atoms with Crippen molar-refractivity contribution >= 4 is 33.0 Å². The van der Waals surface area contributed by atoms with Gasteiger partial charge in [0, 0.05) is 17.6 Å². The largest absolute Gasteiger partial charge is 0.496 e. The molecule has 0 fully saturated rings. The standard InChI is InChI=1S/C12H12BrNOS/c1-15-12-3-2-9(6-11(12)13)7-14-10-4-5-16-8-10/h2-6,8,14H,7H2,1H3. The summed E-state index contributed by atoms with van der Waals surface area (Å²) in [7, 11) is 1.67. The molecule has 0 aliphatic rings. The average molecular weight is 298 g/mol. The smallest absolute Gasteiger partial charge is 0.133 e. The van der Waals surface area contributed by atoms with Gasteiger partial charge in [-0.1, -0.05) is 6.07 Å². The van der Waals surface area contributed by atoms with E-state index < -0.39 is 0 Å². The molecule has 84 valence electrons. The lowest BCUT2D eigenvalue weighted by molar-refractivity contribution is 0.412. The number of benzene rings is 1. The molecule has 0 saturated heterocycles. The second kappa shape index (κ2) is 5.37. The Morgan fingerprint density at radius 3 is 2.88 bits per heavy atom. The molecule has 0 radical (unpaired) electrons. The fourth-order valence-electron chi connectivity index (χ4n) is 1.39. The number of ether oxygens (including phenoxy) is 1. The SMILES string of the molecule is COc1ccc(CNc2ccsc2)cc1Br. The Bertz CT molecular complexity index is 456. The van der Waals surface area contributed by atoms with Crippen LogP contribution in [0.1, 0.15) is 5.56 Å². The molecule has 2 aromatic rings. The van der Waals surface area contributed by atoms with Gasteiger partial charge >= 0.3 is 0 Å². The summed E-state index contributed by atoms with van der Waals surface area (Å²) in [4.78, 5) is 0. The highest BCUT2D eigenvalue weighted by Gasteiger charge is 2.01. The Hall–Kier alpha value is -1.00. The maximum Gasteiger partial charge on any atom is 0.133 e. The molecule has 1 heterocycles. The number of methoxy groups -OCH3 is 1. The first kappa shape index (κ1) is 11.5. The van der Waals surface area contributed by atoms with Crippen molar-refractivity contribution in [2.45, 2.75) is 6.54 Å². The summed E-state index contributed by atoms with van der Waals surface area (Å²) in [6, 6.07) is 8.17. The molecule has 0 aliphatic carbocycles. The predicted octanol–water partition coefficient (Wildman–Crippen LogP) is 4.13. The molecule has 1 aromatic heterocycles. The van der Waals surface area contributed by atoms with Crippen molar-refractivity contribution < 1.29 is 4.74 Å².